The molecule has 15 heteroatoms. The van der Waals surface area contributed by atoms with E-state index in [0.29, 0.717) is 50.9 Å². The summed E-state index contributed by atoms with van der Waals surface area (Å²) >= 11 is 0. The minimum Gasteiger partial charge on any atom is -0.496 e. The number of amides is 2. The number of nitrogens with one attached hydrogen (secondary N) is 2. The molecule has 3 fully saturated rings. The number of hydrogen-bond donors (Lipinski definition) is 6. The maximum atomic E-state index is 13.0. The van der Waals surface area contributed by atoms with E-state index >= 15 is 0 Å². The molecule has 15 nitrogen and oxygen atoms in total. The highest BCUT2D eigenvalue weighted by molar-refractivity contribution is 5.95. The van der Waals surface area contributed by atoms with Crippen LogP contribution in [0.3, 0.4) is 0 Å². The predicted molar refractivity (Wildman–Crippen MR) is 182 cm³/mol. The zero-order valence-corrected chi connectivity index (χ0v) is 30.4. The van der Waals surface area contributed by atoms with E-state index in [2.05, 4.69) is 20.4 Å². The van der Waals surface area contributed by atoms with Crippen LogP contribution in [0.25, 0.3) is 0 Å². The van der Waals surface area contributed by atoms with E-state index in [9.17, 15) is 34.8 Å². The van der Waals surface area contributed by atoms with E-state index in [4.69, 9.17) is 18.9 Å². The molecular weight excluding hydrogens is 652 g/mol. The summed E-state index contributed by atoms with van der Waals surface area (Å²) in [6, 6.07) is 2.05. The first-order chi connectivity index (χ1) is 23.4. The Kier molecular flexibility index (Phi) is 12.9. The standard InChI is InChI=1S/C35H56N4O11/c1-21-14-24(15-22(2)29(21)47-7)31(44)36-17-26(42)28(43)30-27(37-23(3)40)25(41)16-35(50-30,32(45)46)9-11-39-12-13-48-19-34(39)8-10-38(18-34)20-49-33(4,5)6/h14-15,25-28,30,41-43H,8-13,16-20H2,1-7H3,(H,36,44)(H,37,40)(H,45,46)/t25-,26+,27+,28+,30+,34-,35+/m0/s1. The monoisotopic (exact) mass is 708 g/mol. The summed E-state index contributed by atoms with van der Waals surface area (Å²) < 4.78 is 23.4. The second-order valence-electron chi connectivity index (χ2n) is 15.0. The third kappa shape index (κ3) is 9.31. The molecule has 0 bridgehead atoms. The van der Waals surface area contributed by atoms with Crippen LogP contribution in [0.4, 0.5) is 0 Å². The molecule has 3 aliphatic heterocycles. The molecule has 0 radical (unpaired) electrons. The largest absolute Gasteiger partial charge is 0.496 e. The molecule has 3 heterocycles. The van der Waals surface area contributed by atoms with Crippen molar-refractivity contribution in [2.75, 3.05) is 59.8 Å². The summed E-state index contributed by atoms with van der Waals surface area (Å²) in [5, 5.41) is 49.4. The summed E-state index contributed by atoms with van der Waals surface area (Å²) in [5.74, 6) is -1.74. The number of carbonyl (C=O) groups is 3. The van der Waals surface area contributed by atoms with Crippen LogP contribution < -0.4 is 15.4 Å². The number of rotatable bonds is 13. The highest BCUT2D eigenvalue weighted by atomic mass is 16.6. The van der Waals surface area contributed by atoms with Gasteiger partial charge in [-0.1, -0.05) is 0 Å². The quantitative estimate of drug-likeness (QED) is 0.162. The van der Waals surface area contributed by atoms with Gasteiger partial charge < -0.3 is 50.0 Å². The van der Waals surface area contributed by atoms with Crippen molar-refractivity contribution in [1.82, 2.24) is 20.4 Å². The van der Waals surface area contributed by atoms with E-state index < -0.39 is 60.4 Å². The molecule has 7 atom stereocenters. The Morgan fingerprint density at radius 1 is 1.14 bits per heavy atom. The topological polar surface area (TPSA) is 200 Å². The number of methoxy groups -OCH3 is 1. The number of nitrogens with zero attached hydrogens (tertiary/aromatic N) is 2. The molecule has 3 saturated heterocycles. The number of aliphatic carboxylic acids is 1. The van der Waals surface area contributed by atoms with Crippen LogP contribution in [-0.4, -0.2) is 155 Å². The lowest BCUT2D eigenvalue weighted by Gasteiger charge is -2.49. The van der Waals surface area contributed by atoms with Gasteiger partial charge >= 0.3 is 5.97 Å². The number of hydrogen-bond acceptors (Lipinski definition) is 12. The number of carboxylic acids is 1. The van der Waals surface area contributed by atoms with Crippen molar-refractivity contribution >= 4 is 17.8 Å². The lowest BCUT2D eigenvalue weighted by molar-refractivity contribution is -0.231. The molecule has 0 saturated carbocycles. The minimum atomic E-state index is -1.95. The number of carboxylic acid groups (broad SMARTS) is 1. The van der Waals surface area contributed by atoms with Crippen molar-refractivity contribution in [3.63, 3.8) is 0 Å². The number of ether oxygens (including phenoxy) is 4. The number of aliphatic hydroxyl groups is 3. The Bertz CT molecular complexity index is 1350. The lowest BCUT2D eigenvalue weighted by Crippen LogP contribution is -2.68. The molecule has 50 heavy (non-hydrogen) atoms. The van der Waals surface area contributed by atoms with Crippen molar-refractivity contribution in [2.45, 2.75) is 108 Å². The average molecular weight is 709 g/mol. The van der Waals surface area contributed by atoms with Crippen molar-refractivity contribution in [2.24, 2.45) is 0 Å². The minimum absolute atomic E-state index is 0.0430. The van der Waals surface area contributed by atoms with Crippen LogP contribution in [-0.2, 0) is 23.8 Å². The van der Waals surface area contributed by atoms with E-state index in [-0.39, 0.29) is 24.0 Å². The molecule has 2 amide bonds. The van der Waals surface area contributed by atoms with Crippen molar-refractivity contribution in [1.29, 1.82) is 0 Å². The Balaban J connectivity index is 1.49. The molecule has 0 unspecified atom stereocenters. The Morgan fingerprint density at radius 3 is 2.42 bits per heavy atom. The smallest absolute Gasteiger partial charge is 0.336 e. The highest BCUT2D eigenvalue weighted by Gasteiger charge is 2.55. The zero-order valence-electron chi connectivity index (χ0n) is 30.4. The van der Waals surface area contributed by atoms with Gasteiger partial charge in [0, 0.05) is 58.1 Å². The van der Waals surface area contributed by atoms with Gasteiger partial charge in [-0.3, -0.25) is 19.4 Å². The summed E-state index contributed by atoms with van der Waals surface area (Å²) in [7, 11) is 1.54. The number of aryl methyl sites for hydroxylation is 2. The number of likely N-dealkylation sites (tertiary alicyclic amines) is 1. The molecule has 6 N–H and O–H groups in total. The summed E-state index contributed by atoms with van der Waals surface area (Å²) in [5.41, 5.74) is -0.799. The van der Waals surface area contributed by atoms with Crippen LogP contribution in [0.5, 0.6) is 5.75 Å². The second kappa shape index (κ2) is 16.2. The first-order valence-corrected chi connectivity index (χ1v) is 17.3. The van der Waals surface area contributed by atoms with Gasteiger partial charge in [-0.2, -0.15) is 0 Å². The maximum absolute atomic E-state index is 13.0. The third-order valence-electron chi connectivity index (χ3n) is 9.98. The summed E-state index contributed by atoms with van der Waals surface area (Å²) in [6.07, 6.45) is -5.98. The van der Waals surface area contributed by atoms with Gasteiger partial charge in [-0.15, -0.1) is 0 Å². The van der Waals surface area contributed by atoms with E-state index in [0.717, 1.165) is 24.1 Å². The first-order valence-electron chi connectivity index (χ1n) is 17.3. The van der Waals surface area contributed by atoms with Crippen LogP contribution in [0.1, 0.15) is 68.4 Å². The van der Waals surface area contributed by atoms with E-state index in [1.807, 2.05) is 20.8 Å². The number of benzene rings is 1. The normalized spacial score (nSPS) is 29.0. The molecule has 1 spiro atoms. The lowest BCUT2D eigenvalue weighted by atomic mass is 9.81. The molecule has 1 aromatic rings. The van der Waals surface area contributed by atoms with Crippen LogP contribution in [0.2, 0.25) is 0 Å². The Morgan fingerprint density at radius 2 is 1.82 bits per heavy atom. The van der Waals surface area contributed by atoms with Crippen LogP contribution in [0.15, 0.2) is 12.1 Å². The fraction of sp³-hybridized carbons (Fsp3) is 0.743. The zero-order chi connectivity index (χ0) is 37.0. The SMILES string of the molecule is COc1c(C)cc(C(=O)NC[C@@H](O)[C@@H](O)[C@@H]2O[C@@](CCN3CCOC[C@@]34CCN(COC(C)(C)C)C4)(C(=O)O)C[C@H](O)[C@H]2NC(C)=O)cc1C. The molecule has 282 valence electrons. The molecule has 3 aliphatic rings. The first kappa shape index (κ1) is 39.9. The predicted octanol–water partition coefficient (Wildman–Crippen LogP) is 0.181. The van der Waals surface area contributed by atoms with Gasteiger partial charge in [0.2, 0.25) is 5.91 Å². The van der Waals surface area contributed by atoms with Gasteiger partial charge in [0.05, 0.1) is 56.4 Å². The van der Waals surface area contributed by atoms with Gasteiger partial charge in [-0.05, 0) is 64.3 Å². The fourth-order valence-corrected chi connectivity index (χ4v) is 7.35. The second-order valence-corrected chi connectivity index (χ2v) is 15.0. The van der Waals surface area contributed by atoms with Crippen LogP contribution >= 0.6 is 0 Å². The molecule has 0 aliphatic carbocycles. The third-order valence-corrected chi connectivity index (χ3v) is 9.98. The molecule has 4 rings (SSSR count). The molecular formula is C35H56N4O11. The van der Waals surface area contributed by atoms with Gasteiger partial charge in [-0.25, -0.2) is 4.79 Å². The maximum Gasteiger partial charge on any atom is 0.336 e. The molecule has 0 aromatic heterocycles. The van der Waals surface area contributed by atoms with Gasteiger partial charge in [0.1, 0.15) is 18.0 Å². The number of aliphatic hydroxyl groups excluding tert-OH is 3. The summed E-state index contributed by atoms with van der Waals surface area (Å²) in [6.45, 7) is 14.1. The molecule has 1 aromatic carbocycles. The fourth-order valence-electron chi connectivity index (χ4n) is 7.35. The highest BCUT2D eigenvalue weighted by Crippen LogP contribution is 2.38. The van der Waals surface area contributed by atoms with Crippen molar-refractivity contribution < 1.29 is 53.8 Å². The van der Waals surface area contributed by atoms with Crippen molar-refractivity contribution in [3.05, 3.63) is 28.8 Å². The Labute approximate surface area is 294 Å². The number of morpholine rings is 1. The Hall–Kier alpha value is -2.89. The van der Waals surface area contributed by atoms with E-state index in [1.165, 1.54) is 14.0 Å². The van der Waals surface area contributed by atoms with Crippen LogP contribution in [0, 0.1) is 13.8 Å². The van der Waals surface area contributed by atoms with Gasteiger partial charge in [0.15, 0.2) is 5.60 Å². The van der Waals surface area contributed by atoms with Crippen molar-refractivity contribution in [3.8, 4) is 5.75 Å². The van der Waals surface area contributed by atoms with Gasteiger partial charge in [0.25, 0.3) is 5.91 Å². The van der Waals surface area contributed by atoms with E-state index in [1.54, 1.807) is 26.0 Å². The average Bonchev–Trinajstić information content (AvgIpc) is 3.45. The summed E-state index contributed by atoms with van der Waals surface area (Å²) in [4.78, 5) is 42.5. The number of carbonyl (C=O) groups excluding carboxylic acids is 2.